The second kappa shape index (κ2) is 12.6. The second-order valence-electron chi connectivity index (χ2n) is 2.42. The van der Waals surface area contributed by atoms with Crippen LogP contribution in [0.2, 0.25) is 0 Å². The van der Waals surface area contributed by atoms with Crippen molar-refractivity contribution in [2.45, 2.75) is 6.92 Å². The molecule has 0 spiro atoms. The number of nitrogens with one attached hydrogen (secondary N) is 2. The summed E-state index contributed by atoms with van der Waals surface area (Å²) in [4.78, 5) is 0. The van der Waals surface area contributed by atoms with Gasteiger partial charge in [0.15, 0.2) is 0 Å². The van der Waals surface area contributed by atoms with Crippen molar-refractivity contribution < 1.29 is 5.11 Å². The van der Waals surface area contributed by atoms with Crippen molar-refractivity contribution in [2.24, 2.45) is 0 Å². The number of aliphatic hydroxyl groups excluding tert-OH is 1. The smallest absolute Gasteiger partial charge is 0.0418 e. The third kappa shape index (κ3) is 12.6. The highest BCUT2D eigenvalue weighted by Crippen LogP contribution is 2.00. The molecule has 0 aromatic heterocycles. The molecule has 2 saturated heterocycles. The van der Waals surface area contributed by atoms with Gasteiger partial charge < -0.3 is 15.7 Å². The average Bonchev–Trinajstić information content (AvgIpc) is 2.85. The molecule has 0 aromatic rings. The molecule has 0 bridgehead atoms. The van der Waals surface area contributed by atoms with Crippen LogP contribution in [0.15, 0.2) is 0 Å². The van der Waals surface area contributed by atoms with Crippen LogP contribution < -0.4 is 10.6 Å². The number of rotatable bonds is 0. The quantitative estimate of drug-likeness (QED) is 0.561. The van der Waals surface area contributed by atoms with E-state index in [9.17, 15) is 0 Å². The van der Waals surface area contributed by atoms with Crippen LogP contribution in [-0.2, 0) is 0 Å². The molecule has 2 rings (SSSR count). The van der Waals surface area contributed by atoms with E-state index in [-0.39, 0.29) is 6.61 Å². The SMILES string of the molecule is C1CSCN1.C1CSCN1.CCO. The van der Waals surface area contributed by atoms with Gasteiger partial charge in [0.2, 0.25) is 0 Å². The molecule has 0 aliphatic carbocycles. The Morgan fingerprint density at radius 3 is 1.54 bits per heavy atom. The lowest BCUT2D eigenvalue weighted by Crippen LogP contribution is -2.04. The van der Waals surface area contributed by atoms with Gasteiger partial charge in [-0.1, -0.05) is 0 Å². The lowest BCUT2D eigenvalue weighted by Gasteiger charge is -1.74. The number of hydrogen-bond acceptors (Lipinski definition) is 5. The third-order valence-corrected chi connectivity index (χ3v) is 3.06. The zero-order chi connectivity index (χ0) is 9.78. The normalized spacial score (nSPS) is 19.8. The second-order valence-corrected chi connectivity index (χ2v) is 4.63. The standard InChI is InChI=1S/2C3H7NS.C2H6O/c2*1-2-5-3-4-1;1-2-3/h2*4H,1-3H2;3H,2H2,1H3. The summed E-state index contributed by atoms with van der Waals surface area (Å²) in [7, 11) is 0. The topological polar surface area (TPSA) is 44.3 Å². The van der Waals surface area contributed by atoms with Gasteiger partial charge in [-0.2, -0.15) is 0 Å². The molecule has 0 radical (unpaired) electrons. The highest BCUT2D eigenvalue weighted by atomic mass is 32.2. The van der Waals surface area contributed by atoms with Gasteiger partial charge in [0.05, 0.1) is 0 Å². The van der Waals surface area contributed by atoms with Gasteiger partial charge in [0.1, 0.15) is 0 Å². The summed E-state index contributed by atoms with van der Waals surface area (Å²) in [5.74, 6) is 4.94. The van der Waals surface area contributed by atoms with Gasteiger partial charge in [-0.15, -0.1) is 23.5 Å². The summed E-state index contributed by atoms with van der Waals surface area (Å²) in [5.41, 5.74) is 0. The Morgan fingerprint density at radius 2 is 1.46 bits per heavy atom. The van der Waals surface area contributed by atoms with E-state index >= 15 is 0 Å². The molecule has 3 N–H and O–H groups in total. The van der Waals surface area contributed by atoms with Crippen molar-refractivity contribution in [3.63, 3.8) is 0 Å². The Labute approximate surface area is 89.4 Å². The first kappa shape index (κ1) is 13.6. The minimum absolute atomic E-state index is 0.250. The van der Waals surface area contributed by atoms with Crippen molar-refractivity contribution in [1.29, 1.82) is 0 Å². The summed E-state index contributed by atoms with van der Waals surface area (Å²) >= 11 is 3.93. The third-order valence-electron chi connectivity index (χ3n) is 1.25. The molecule has 2 fully saturated rings. The molecule has 5 heteroatoms. The number of hydrogen-bond donors (Lipinski definition) is 3. The number of thioether (sulfide) groups is 2. The van der Waals surface area contributed by atoms with Gasteiger partial charge in [-0.05, 0) is 6.92 Å². The zero-order valence-electron chi connectivity index (χ0n) is 8.21. The molecule has 0 unspecified atom stereocenters. The fourth-order valence-corrected chi connectivity index (χ4v) is 2.17. The molecule has 2 aliphatic heterocycles. The molecule has 0 aromatic carbocycles. The van der Waals surface area contributed by atoms with Gasteiger partial charge in [0.25, 0.3) is 0 Å². The Balaban J connectivity index is 0.000000174. The lowest BCUT2D eigenvalue weighted by atomic mass is 10.8. The molecular formula is C8H20N2OS2. The first-order chi connectivity index (χ1) is 6.41. The summed E-state index contributed by atoms with van der Waals surface area (Å²) < 4.78 is 0. The molecule has 13 heavy (non-hydrogen) atoms. The van der Waals surface area contributed by atoms with Crippen LogP contribution >= 0.6 is 23.5 Å². The predicted molar refractivity (Wildman–Crippen MR) is 63.4 cm³/mol. The van der Waals surface area contributed by atoms with Crippen molar-refractivity contribution in [1.82, 2.24) is 10.6 Å². The van der Waals surface area contributed by atoms with Crippen LogP contribution in [0.25, 0.3) is 0 Å². The van der Waals surface area contributed by atoms with E-state index in [2.05, 4.69) is 10.6 Å². The van der Waals surface area contributed by atoms with Gasteiger partial charge >= 0.3 is 0 Å². The fourth-order valence-electron chi connectivity index (χ4n) is 0.722. The molecule has 0 saturated carbocycles. The zero-order valence-corrected chi connectivity index (χ0v) is 9.85. The van der Waals surface area contributed by atoms with Crippen molar-refractivity contribution in [2.75, 3.05) is 43.0 Å². The molecule has 0 atom stereocenters. The van der Waals surface area contributed by atoms with E-state index in [1.54, 1.807) is 6.92 Å². The molecule has 80 valence electrons. The Hall–Kier alpha value is 0.580. The molecule has 2 aliphatic rings. The predicted octanol–water partition coefficient (Wildman–Crippen LogP) is 0.559. The molecular weight excluding hydrogens is 204 g/mol. The Kier molecular flexibility index (Phi) is 13.1. The van der Waals surface area contributed by atoms with Crippen molar-refractivity contribution >= 4 is 23.5 Å². The van der Waals surface area contributed by atoms with E-state index in [1.165, 1.54) is 36.3 Å². The monoisotopic (exact) mass is 224 g/mol. The summed E-state index contributed by atoms with van der Waals surface area (Å²) in [6, 6.07) is 0. The van der Waals surface area contributed by atoms with Crippen molar-refractivity contribution in [3.8, 4) is 0 Å². The van der Waals surface area contributed by atoms with Gasteiger partial charge in [-0.3, -0.25) is 0 Å². The fraction of sp³-hybridized carbons (Fsp3) is 1.00. The van der Waals surface area contributed by atoms with Gasteiger partial charge in [-0.25, -0.2) is 0 Å². The van der Waals surface area contributed by atoms with Crippen LogP contribution in [0.3, 0.4) is 0 Å². The first-order valence-corrected chi connectivity index (χ1v) is 6.90. The highest BCUT2D eigenvalue weighted by molar-refractivity contribution is 7.99. The summed E-state index contributed by atoms with van der Waals surface area (Å²) in [6.07, 6.45) is 0. The maximum Gasteiger partial charge on any atom is 0.0418 e. The molecule has 2 heterocycles. The van der Waals surface area contributed by atoms with Crippen molar-refractivity contribution in [3.05, 3.63) is 0 Å². The Morgan fingerprint density at radius 1 is 1.08 bits per heavy atom. The van der Waals surface area contributed by atoms with E-state index in [0.29, 0.717) is 0 Å². The summed E-state index contributed by atoms with van der Waals surface area (Å²) in [5, 5.41) is 13.9. The van der Waals surface area contributed by atoms with E-state index < -0.39 is 0 Å². The molecule has 3 nitrogen and oxygen atoms in total. The van der Waals surface area contributed by atoms with E-state index in [1.807, 2.05) is 23.5 Å². The van der Waals surface area contributed by atoms with E-state index in [0.717, 1.165) is 0 Å². The molecule has 0 amide bonds. The van der Waals surface area contributed by atoms with Crippen LogP contribution in [0.1, 0.15) is 6.92 Å². The average molecular weight is 224 g/mol. The van der Waals surface area contributed by atoms with Gasteiger partial charge in [0, 0.05) is 43.0 Å². The Bertz CT molecular complexity index is 63.0. The lowest BCUT2D eigenvalue weighted by molar-refractivity contribution is 0.318. The van der Waals surface area contributed by atoms with Crippen LogP contribution in [-0.4, -0.2) is 48.1 Å². The van der Waals surface area contributed by atoms with Crippen LogP contribution in [0.5, 0.6) is 0 Å². The van der Waals surface area contributed by atoms with E-state index in [4.69, 9.17) is 5.11 Å². The maximum atomic E-state index is 7.57. The minimum Gasteiger partial charge on any atom is -0.397 e. The number of aliphatic hydroxyl groups is 1. The van der Waals surface area contributed by atoms with Crippen LogP contribution in [0, 0.1) is 0 Å². The summed E-state index contributed by atoms with van der Waals surface area (Å²) in [6.45, 7) is 4.36. The highest BCUT2D eigenvalue weighted by Gasteiger charge is 1.93. The van der Waals surface area contributed by atoms with Crippen LogP contribution in [0.4, 0.5) is 0 Å². The maximum absolute atomic E-state index is 7.57. The first-order valence-electron chi connectivity index (χ1n) is 4.59. The largest absolute Gasteiger partial charge is 0.397 e. The minimum atomic E-state index is 0.250.